The van der Waals surface area contributed by atoms with Crippen LogP contribution in [0.3, 0.4) is 0 Å². The van der Waals surface area contributed by atoms with Gasteiger partial charge in [-0.25, -0.2) is 4.98 Å². The van der Waals surface area contributed by atoms with Gasteiger partial charge < -0.3 is 10.3 Å². The molecule has 1 unspecified atom stereocenters. The van der Waals surface area contributed by atoms with E-state index in [1.54, 1.807) is 0 Å². The first kappa shape index (κ1) is 10.3. The summed E-state index contributed by atoms with van der Waals surface area (Å²) >= 11 is 0. The fourth-order valence-electron chi connectivity index (χ4n) is 3.10. The summed E-state index contributed by atoms with van der Waals surface area (Å²) in [6.07, 6.45) is 9.92. The zero-order chi connectivity index (χ0) is 11.0. The average molecular weight is 219 g/mol. The lowest BCUT2D eigenvalue weighted by Crippen LogP contribution is -2.22. The summed E-state index contributed by atoms with van der Waals surface area (Å²) < 4.78 is 2.49. The number of rotatable bonds is 3. The van der Waals surface area contributed by atoms with Crippen molar-refractivity contribution in [3.05, 3.63) is 17.7 Å². The Morgan fingerprint density at radius 1 is 1.31 bits per heavy atom. The van der Waals surface area contributed by atoms with Gasteiger partial charge in [0.05, 0.1) is 0 Å². The third-order valence-electron chi connectivity index (χ3n) is 4.26. The predicted molar refractivity (Wildman–Crippen MR) is 64.5 cm³/mol. The van der Waals surface area contributed by atoms with Crippen molar-refractivity contribution >= 4 is 0 Å². The molecule has 1 aromatic heterocycles. The molecule has 1 saturated carbocycles. The van der Waals surface area contributed by atoms with Crippen molar-refractivity contribution in [2.24, 2.45) is 5.73 Å². The van der Waals surface area contributed by atoms with Gasteiger partial charge in [0, 0.05) is 30.3 Å². The number of hydrogen-bond acceptors (Lipinski definition) is 2. The zero-order valence-corrected chi connectivity index (χ0v) is 9.86. The topological polar surface area (TPSA) is 43.8 Å². The Bertz CT molecular complexity index is 365. The molecular formula is C13H21N3. The Labute approximate surface area is 97.0 Å². The number of fused-ring (bicyclic) bond motifs is 1. The smallest absolute Gasteiger partial charge is 0.111 e. The molecule has 0 amide bonds. The van der Waals surface area contributed by atoms with Crippen LogP contribution in [0, 0.1) is 0 Å². The van der Waals surface area contributed by atoms with E-state index in [9.17, 15) is 0 Å². The van der Waals surface area contributed by atoms with Crippen molar-refractivity contribution in [2.45, 2.75) is 56.9 Å². The fraction of sp³-hybridized carbons (Fsp3) is 0.769. The maximum Gasteiger partial charge on any atom is 0.111 e. The number of nitrogens with two attached hydrogens (primary N) is 1. The molecule has 3 heteroatoms. The van der Waals surface area contributed by atoms with Crippen LogP contribution in [-0.2, 0) is 6.54 Å². The van der Waals surface area contributed by atoms with E-state index < -0.39 is 0 Å². The molecule has 0 spiro atoms. The number of imidazole rings is 1. The van der Waals surface area contributed by atoms with Gasteiger partial charge in [0.2, 0.25) is 0 Å². The van der Waals surface area contributed by atoms with Gasteiger partial charge in [-0.1, -0.05) is 6.42 Å². The van der Waals surface area contributed by atoms with Crippen LogP contribution in [0.25, 0.3) is 0 Å². The lowest BCUT2D eigenvalue weighted by Gasteiger charge is -2.30. The quantitative estimate of drug-likeness (QED) is 0.848. The Morgan fingerprint density at radius 3 is 2.88 bits per heavy atom. The van der Waals surface area contributed by atoms with Gasteiger partial charge in [0.15, 0.2) is 0 Å². The van der Waals surface area contributed by atoms with Gasteiger partial charge in [-0.3, -0.25) is 0 Å². The second-order valence-electron chi connectivity index (χ2n) is 5.24. The molecule has 16 heavy (non-hydrogen) atoms. The van der Waals surface area contributed by atoms with Crippen LogP contribution in [0.4, 0.5) is 0 Å². The highest BCUT2D eigenvalue weighted by molar-refractivity contribution is 5.17. The van der Waals surface area contributed by atoms with Crippen molar-refractivity contribution in [1.82, 2.24) is 9.55 Å². The summed E-state index contributed by atoms with van der Waals surface area (Å²) in [6, 6.07) is 0. The van der Waals surface area contributed by atoms with E-state index in [1.807, 2.05) is 0 Å². The third kappa shape index (κ3) is 1.58. The second-order valence-corrected chi connectivity index (χ2v) is 5.24. The molecule has 88 valence electrons. The molecule has 1 aliphatic carbocycles. The summed E-state index contributed by atoms with van der Waals surface area (Å²) in [5.41, 5.74) is 7.15. The molecule has 0 aromatic carbocycles. The van der Waals surface area contributed by atoms with Crippen LogP contribution in [0.2, 0.25) is 0 Å². The normalized spacial score (nSPS) is 25.2. The van der Waals surface area contributed by atoms with E-state index in [-0.39, 0.29) is 0 Å². The maximum absolute atomic E-state index is 5.69. The Kier molecular flexibility index (Phi) is 2.72. The van der Waals surface area contributed by atoms with E-state index in [4.69, 9.17) is 5.73 Å². The first-order valence-corrected chi connectivity index (χ1v) is 6.65. The molecule has 1 atom stereocenters. The molecule has 1 fully saturated rings. The van der Waals surface area contributed by atoms with Crippen molar-refractivity contribution in [3.63, 3.8) is 0 Å². The third-order valence-corrected chi connectivity index (χ3v) is 4.26. The summed E-state index contributed by atoms with van der Waals surface area (Å²) in [5.74, 6) is 2.79. The van der Waals surface area contributed by atoms with Crippen molar-refractivity contribution in [2.75, 3.05) is 6.54 Å². The van der Waals surface area contributed by atoms with E-state index in [0.717, 1.165) is 18.9 Å². The summed E-state index contributed by atoms with van der Waals surface area (Å²) in [7, 11) is 0. The first-order chi connectivity index (χ1) is 7.90. The highest BCUT2D eigenvalue weighted by Crippen LogP contribution is 2.39. The molecule has 3 rings (SSSR count). The summed E-state index contributed by atoms with van der Waals surface area (Å²) in [4.78, 5) is 4.67. The predicted octanol–water partition coefficient (Wildman–Crippen LogP) is 2.38. The van der Waals surface area contributed by atoms with Crippen LogP contribution in [-0.4, -0.2) is 16.1 Å². The molecule has 3 nitrogen and oxygen atoms in total. The Hall–Kier alpha value is -0.830. The van der Waals surface area contributed by atoms with Gasteiger partial charge >= 0.3 is 0 Å². The monoisotopic (exact) mass is 219 g/mol. The van der Waals surface area contributed by atoms with Crippen molar-refractivity contribution < 1.29 is 0 Å². The van der Waals surface area contributed by atoms with Crippen LogP contribution < -0.4 is 5.73 Å². The largest absolute Gasteiger partial charge is 0.332 e. The van der Waals surface area contributed by atoms with Crippen LogP contribution in [0.15, 0.2) is 6.20 Å². The van der Waals surface area contributed by atoms with Crippen molar-refractivity contribution in [1.29, 1.82) is 0 Å². The van der Waals surface area contributed by atoms with Crippen LogP contribution >= 0.6 is 0 Å². The lowest BCUT2D eigenvalue weighted by atomic mass is 9.84. The number of aromatic nitrogens is 2. The van der Waals surface area contributed by atoms with Gasteiger partial charge in [0.1, 0.15) is 5.82 Å². The minimum atomic E-state index is 0.667. The number of hydrogen-bond donors (Lipinski definition) is 1. The van der Waals surface area contributed by atoms with E-state index >= 15 is 0 Å². The number of nitrogens with zero attached hydrogens (tertiary/aromatic N) is 2. The molecule has 2 aliphatic rings. The zero-order valence-electron chi connectivity index (χ0n) is 9.86. The average Bonchev–Trinajstić information content (AvgIpc) is 2.62. The SMILES string of the molecule is NCCC1CCCn2c1cnc2C1CCC1. The summed E-state index contributed by atoms with van der Waals surface area (Å²) in [6.45, 7) is 1.98. The Morgan fingerprint density at radius 2 is 2.19 bits per heavy atom. The van der Waals surface area contributed by atoms with Gasteiger partial charge in [-0.15, -0.1) is 0 Å². The van der Waals surface area contributed by atoms with Gasteiger partial charge in [0.25, 0.3) is 0 Å². The molecular weight excluding hydrogens is 198 g/mol. The van der Waals surface area contributed by atoms with E-state index in [2.05, 4.69) is 15.7 Å². The maximum atomic E-state index is 5.69. The van der Waals surface area contributed by atoms with Gasteiger partial charge in [-0.05, 0) is 38.6 Å². The molecule has 0 radical (unpaired) electrons. The molecule has 2 N–H and O–H groups in total. The molecule has 2 heterocycles. The minimum Gasteiger partial charge on any atom is -0.332 e. The highest BCUT2D eigenvalue weighted by atomic mass is 15.1. The molecule has 1 aliphatic heterocycles. The van der Waals surface area contributed by atoms with Gasteiger partial charge in [-0.2, -0.15) is 0 Å². The highest BCUT2D eigenvalue weighted by Gasteiger charge is 2.29. The van der Waals surface area contributed by atoms with E-state index in [1.165, 1.54) is 50.2 Å². The van der Waals surface area contributed by atoms with Crippen molar-refractivity contribution in [3.8, 4) is 0 Å². The standard InChI is InChI=1S/C13H21N3/c14-7-6-10-5-2-8-16-12(10)9-15-13(16)11-3-1-4-11/h9-11H,1-8,14H2. The lowest BCUT2D eigenvalue weighted by molar-refractivity contribution is 0.363. The van der Waals surface area contributed by atoms with Crippen LogP contribution in [0.1, 0.15) is 61.9 Å². The summed E-state index contributed by atoms with van der Waals surface area (Å²) in [5, 5.41) is 0. The first-order valence-electron chi connectivity index (χ1n) is 6.65. The minimum absolute atomic E-state index is 0.667. The second kappa shape index (κ2) is 4.21. The molecule has 1 aromatic rings. The fourth-order valence-corrected chi connectivity index (χ4v) is 3.10. The molecule has 0 bridgehead atoms. The van der Waals surface area contributed by atoms with Crippen LogP contribution in [0.5, 0.6) is 0 Å². The molecule has 0 saturated heterocycles. The Balaban J connectivity index is 1.88. The van der Waals surface area contributed by atoms with E-state index in [0.29, 0.717) is 5.92 Å².